The van der Waals surface area contributed by atoms with Crippen molar-refractivity contribution < 1.29 is 21.6 Å². The van der Waals surface area contributed by atoms with Crippen LogP contribution in [0.25, 0.3) is 0 Å². The second-order valence-electron chi connectivity index (χ2n) is 2.88. The van der Waals surface area contributed by atoms with Crippen molar-refractivity contribution in [3.8, 4) is 6.07 Å². The van der Waals surface area contributed by atoms with Crippen molar-refractivity contribution in [3.05, 3.63) is 28.3 Å². The largest absolute Gasteiger partial charge is 0.416 e. The molecule has 0 amide bonds. The summed E-state index contributed by atoms with van der Waals surface area (Å²) in [6, 6.07) is 2.08. The molecule has 0 spiro atoms. The lowest BCUT2D eigenvalue weighted by Crippen LogP contribution is -2.07. The topological polar surface area (TPSA) is 57.9 Å². The lowest BCUT2D eigenvalue weighted by Gasteiger charge is -2.10. The maximum absolute atomic E-state index is 12.4. The average molecular weight is 304 g/mol. The number of halogens is 5. The summed E-state index contributed by atoms with van der Waals surface area (Å²) in [5, 5.41) is 7.85. The van der Waals surface area contributed by atoms with Crippen LogP contribution in [0, 0.1) is 11.3 Å². The van der Waals surface area contributed by atoms with Crippen LogP contribution < -0.4 is 0 Å². The normalized spacial score (nSPS) is 12.2. The van der Waals surface area contributed by atoms with Crippen LogP contribution in [0.3, 0.4) is 0 Å². The molecule has 92 valence electrons. The highest BCUT2D eigenvalue weighted by molar-refractivity contribution is 8.13. The first-order chi connectivity index (χ1) is 7.57. The van der Waals surface area contributed by atoms with Crippen molar-refractivity contribution in [1.82, 2.24) is 0 Å². The van der Waals surface area contributed by atoms with Crippen LogP contribution in [0.2, 0.25) is 5.02 Å². The van der Waals surface area contributed by atoms with Crippen LogP contribution in [0.5, 0.6) is 0 Å². The number of benzene rings is 1. The number of hydrogen-bond donors (Lipinski definition) is 0. The number of nitrogens with zero attached hydrogens (tertiary/aromatic N) is 1. The summed E-state index contributed by atoms with van der Waals surface area (Å²) in [6.45, 7) is 0. The molecule has 0 aromatic heterocycles. The fourth-order valence-corrected chi connectivity index (χ4v) is 2.89. The summed E-state index contributed by atoms with van der Waals surface area (Å²) < 4.78 is 59.2. The van der Waals surface area contributed by atoms with Gasteiger partial charge in [0, 0.05) is 10.7 Å². The number of rotatable bonds is 1. The van der Waals surface area contributed by atoms with Crippen LogP contribution in [0.15, 0.2) is 17.0 Å². The van der Waals surface area contributed by atoms with Gasteiger partial charge in [-0.2, -0.15) is 18.4 Å². The Morgan fingerprint density at radius 2 is 1.82 bits per heavy atom. The zero-order valence-corrected chi connectivity index (χ0v) is 10.0. The molecule has 0 atom stereocenters. The van der Waals surface area contributed by atoms with Gasteiger partial charge in [-0.15, -0.1) is 0 Å². The van der Waals surface area contributed by atoms with E-state index in [1.807, 2.05) is 0 Å². The highest BCUT2D eigenvalue weighted by atomic mass is 35.7. The lowest BCUT2D eigenvalue weighted by atomic mass is 10.1. The van der Waals surface area contributed by atoms with Gasteiger partial charge in [-0.05, 0) is 12.1 Å². The van der Waals surface area contributed by atoms with Crippen molar-refractivity contribution in [2.24, 2.45) is 0 Å². The highest BCUT2D eigenvalue weighted by Crippen LogP contribution is 2.36. The SMILES string of the molecule is N#Cc1cc(C(F)(F)F)cc(Cl)c1S(=O)(=O)Cl. The summed E-state index contributed by atoms with van der Waals surface area (Å²) in [5.41, 5.74) is -1.97. The summed E-state index contributed by atoms with van der Waals surface area (Å²) in [6.07, 6.45) is -4.73. The van der Waals surface area contributed by atoms with E-state index in [2.05, 4.69) is 0 Å². The molecule has 1 aromatic carbocycles. The second kappa shape index (κ2) is 4.37. The molecular formula is C8H2Cl2F3NO2S. The maximum Gasteiger partial charge on any atom is 0.416 e. The Morgan fingerprint density at radius 3 is 2.18 bits per heavy atom. The zero-order valence-electron chi connectivity index (χ0n) is 7.72. The highest BCUT2D eigenvalue weighted by Gasteiger charge is 2.33. The van der Waals surface area contributed by atoms with E-state index in [0.717, 1.165) is 0 Å². The van der Waals surface area contributed by atoms with Gasteiger partial charge in [0.05, 0.1) is 16.1 Å². The van der Waals surface area contributed by atoms with Crippen molar-refractivity contribution in [2.75, 3.05) is 0 Å². The van der Waals surface area contributed by atoms with E-state index in [4.69, 9.17) is 27.5 Å². The number of nitriles is 1. The number of hydrogen-bond acceptors (Lipinski definition) is 3. The summed E-state index contributed by atoms with van der Waals surface area (Å²) in [7, 11) is 0.582. The molecule has 3 nitrogen and oxygen atoms in total. The molecule has 1 rings (SSSR count). The molecule has 0 aliphatic carbocycles. The van der Waals surface area contributed by atoms with Crippen LogP contribution in [-0.2, 0) is 15.2 Å². The molecular weight excluding hydrogens is 302 g/mol. The minimum Gasteiger partial charge on any atom is -0.207 e. The molecule has 0 bridgehead atoms. The van der Waals surface area contributed by atoms with Gasteiger partial charge in [-0.3, -0.25) is 0 Å². The van der Waals surface area contributed by atoms with Crippen LogP contribution in [0.4, 0.5) is 13.2 Å². The minimum absolute atomic E-state index is 0.376. The van der Waals surface area contributed by atoms with E-state index in [-0.39, 0.29) is 0 Å². The van der Waals surface area contributed by atoms with Crippen LogP contribution >= 0.6 is 22.3 Å². The molecule has 0 unspecified atom stereocenters. The van der Waals surface area contributed by atoms with Gasteiger partial charge in [0.25, 0.3) is 9.05 Å². The standard InChI is InChI=1S/C8H2Cl2F3NO2S/c9-6-2-5(8(11,12)13)1-4(3-14)7(6)17(10,15)16/h1-2H. The Bertz CT molecular complexity index is 604. The molecule has 0 fully saturated rings. The molecule has 17 heavy (non-hydrogen) atoms. The summed E-state index contributed by atoms with van der Waals surface area (Å²) in [4.78, 5) is -0.823. The quantitative estimate of drug-likeness (QED) is 0.749. The Morgan fingerprint density at radius 1 is 1.29 bits per heavy atom. The van der Waals surface area contributed by atoms with Crippen molar-refractivity contribution in [2.45, 2.75) is 11.1 Å². The van der Waals surface area contributed by atoms with Gasteiger partial charge in [0.1, 0.15) is 11.0 Å². The van der Waals surface area contributed by atoms with E-state index >= 15 is 0 Å². The lowest BCUT2D eigenvalue weighted by molar-refractivity contribution is -0.137. The van der Waals surface area contributed by atoms with Crippen molar-refractivity contribution in [1.29, 1.82) is 5.26 Å². The van der Waals surface area contributed by atoms with Crippen LogP contribution in [0.1, 0.15) is 11.1 Å². The second-order valence-corrected chi connectivity index (χ2v) is 5.79. The van der Waals surface area contributed by atoms with E-state index < -0.39 is 36.3 Å². The first-order valence-corrected chi connectivity index (χ1v) is 6.51. The van der Waals surface area contributed by atoms with Crippen LogP contribution in [-0.4, -0.2) is 8.42 Å². The van der Waals surface area contributed by atoms with Gasteiger partial charge in [-0.1, -0.05) is 11.6 Å². The Hall–Kier alpha value is -0.970. The van der Waals surface area contributed by atoms with Gasteiger partial charge in [0.15, 0.2) is 0 Å². The van der Waals surface area contributed by atoms with E-state index in [1.165, 1.54) is 6.07 Å². The predicted molar refractivity (Wildman–Crippen MR) is 54.2 cm³/mol. The predicted octanol–water partition coefficient (Wildman–Crippen LogP) is 3.16. The van der Waals surface area contributed by atoms with Gasteiger partial charge in [-0.25, -0.2) is 8.42 Å². The van der Waals surface area contributed by atoms with Crippen molar-refractivity contribution >= 4 is 31.3 Å². The average Bonchev–Trinajstić information content (AvgIpc) is 2.12. The van der Waals surface area contributed by atoms with Gasteiger partial charge >= 0.3 is 6.18 Å². The van der Waals surface area contributed by atoms with E-state index in [9.17, 15) is 21.6 Å². The molecule has 0 aliphatic rings. The Kier molecular flexibility index (Phi) is 3.62. The molecule has 0 saturated carbocycles. The molecule has 0 aliphatic heterocycles. The van der Waals surface area contributed by atoms with Gasteiger partial charge < -0.3 is 0 Å². The first kappa shape index (κ1) is 14.1. The van der Waals surface area contributed by atoms with E-state index in [1.54, 1.807) is 0 Å². The fraction of sp³-hybridized carbons (Fsp3) is 0.125. The first-order valence-electron chi connectivity index (χ1n) is 3.83. The monoisotopic (exact) mass is 303 g/mol. The Labute approximate surface area is 104 Å². The molecule has 0 heterocycles. The summed E-state index contributed by atoms with van der Waals surface area (Å²) in [5.74, 6) is 0. The Balaban J connectivity index is 3.67. The minimum atomic E-state index is -4.73. The third-order valence-electron chi connectivity index (χ3n) is 1.74. The zero-order chi connectivity index (χ0) is 13.4. The molecule has 1 aromatic rings. The summed E-state index contributed by atoms with van der Waals surface area (Å²) >= 11 is 5.39. The smallest absolute Gasteiger partial charge is 0.207 e. The number of alkyl halides is 3. The van der Waals surface area contributed by atoms with Crippen molar-refractivity contribution in [3.63, 3.8) is 0 Å². The van der Waals surface area contributed by atoms with Gasteiger partial charge in [0.2, 0.25) is 0 Å². The third kappa shape index (κ3) is 3.03. The maximum atomic E-state index is 12.4. The third-order valence-corrected chi connectivity index (χ3v) is 3.54. The molecule has 9 heteroatoms. The molecule has 0 N–H and O–H groups in total. The molecule has 0 radical (unpaired) electrons. The fourth-order valence-electron chi connectivity index (χ4n) is 1.09. The van der Waals surface area contributed by atoms with E-state index in [0.29, 0.717) is 12.1 Å². The molecule has 0 saturated heterocycles.